The van der Waals surface area contributed by atoms with E-state index in [1.54, 1.807) is 6.20 Å². The maximum Gasteiger partial charge on any atom is 0.265 e. The number of nitrogens with two attached hydrogens (primary N) is 1. The average Bonchev–Trinajstić information content (AvgIpc) is 2.75. The second-order valence-corrected chi connectivity index (χ2v) is 5.99. The average molecular weight is 253 g/mol. The van der Waals surface area contributed by atoms with Crippen molar-refractivity contribution >= 4 is 17.2 Å². The van der Waals surface area contributed by atoms with Gasteiger partial charge in [-0.25, -0.2) is 4.98 Å². The first-order valence-electron chi connectivity index (χ1n) is 6.03. The van der Waals surface area contributed by atoms with E-state index in [1.165, 1.54) is 11.3 Å². The lowest BCUT2D eigenvalue weighted by atomic mass is 9.87. The van der Waals surface area contributed by atoms with E-state index in [2.05, 4.69) is 11.9 Å². The van der Waals surface area contributed by atoms with Gasteiger partial charge in [-0.3, -0.25) is 4.79 Å². The molecule has 1 saturated heterocycles. The van der Waals surface area contributed by atoms with E-state index in [-0.39, 0.29) is 5.91 Å². The number of aromatic nitrogens is 1. The lowest BCUT2D eigenvalue weighted by molar-refractivity contribution is 0.0623. The zero-order valence-electron chi connectivity index (χ0n) is 10.3. The number of likely N-dealkylation sites (tertiary alicyclic amines) is 1. The molecule has 0 radical (unpaired) electrons. The Labute approximate surface area is 106 Å². The van der Waals surface area contributed by atoms with Crippen LogP contribution in [0.2, 0.25) is 0 Å². The number of piperidine rings is 1. The molecule has 0 saturated carbocycles. The van der Waals surface area contributed by atoms with Gasteiger partial charge in [0, 0.05) is 13.1 Å². The molecule has 2 unspecified atom stereocenters. The fraction of sp³-hybridized carbons (Fsp3) is 0.667. The Balaban J connectivity index is 2.05. The first-order chi connectivity index (χ1) is 8.11. The van der Waals surface area contributed by atoms with Gasteiger partial charge in [0.25, 0.3) is 5.91 Å². The first kappa shape index (κ1) is 12.5. The van der Waals surface area contributed by atoms with Gasteiger partial charge in [-0.2, -0.15) is 0 Å². The Kier molecular flexibility index (Phi) is 3.79. The highest BCUT2D eigenvalue weighted by molar-refractivity contribution is 7.13. The molecule has 94 valence electrons. The van der Waals surface area contributed by atoms with Gasteiger partial charge in [-0.1, -0.05) is 6.92 Å². The number of aryl methyl sites for hydroxylation is 1. The summed E-state index contributed by atoms with van der Waals surface area (Å²) in [4.78, 5) is 19.0. The van der Waals surface area contributed by atoms with Gasteiger partial charge < -0.3 is 10.6 Å². The van der Waals surface area contributed by atoms with Crippen molar-refractivity contribution in [2.24, 2.45) is 17.6 Å². The van der Waals surface area contributed by atoms with Crippen LogP contribution in [0.25, 0.3) is 0 Å². The predicted octanol–water partition coefficient (Wildman–Crippen LogP) is 1.51. The zero-order chi connectivity index (χ0) is 12.4. The monoisotopic (exact) mass is 253 g/mol. The number of hydrogen-bond donors (Lipinski definition) is 1. The van der Waals surface area contributed by atoms with Gasteiger partial charge in [-0.05, 0) is 31.7 Å². The summed E-state index contributed by atoms with van der Waals surface area (Å²) in [6, 6.07) is 0. The minimum Gasteiger partial charge on any atom is -0.338 e. The summed E-state index contributed by atoms with van der Waals surface area (Å²) in [5, 5.41) is 0.939. The van der Waals surface area contributed by atoms with Crippen LogP contribution in [0, 0.1) is 18.8 Å². The van der Waals surface area contributed by atoms with Gasteiger partial charge in [0.2, 0.25) is 0 Å². The molecule has 2 heterocycles. The van der Waals surface area contributed by atoms with Crippen LogP contribution in [0.15, 0.2) is 6.20 Å². The van der Waals surface area contributed by atoms with Gasteiger partial charge in [-0.15, -0.1) is 11.3 Å². The summed E-state index contributed by atoms with van der Waals surface area (Å²) in [6.07, 6.45) is 2.73. The number of carbonyl (C=O) groups is 1. The molecule has 5 heteroatoms. The minimum absolute atomic E-state index is 0.112. The van der Waals surface area contributed by atoms with E-state index in [9.17, 15) is 4.79 Å². The number of hydrogen-bond acceptors (Lipinski definition) is 4. The minimum atomic E-state index is 0.112. The molecule has 17 heavy (non-hydrogen) atoms. The molecule has 1 fully saturated rings. The van der Waals surface area contributed by atoms with Crippen LogP contribution in [-0.2, 0) is 0 Å². The van der Waals surface area contributed by atoms with Gasteiger partial charge >= 0.3 is 0 Å². The second kappa shape index (κ2) is 5.14. The number of thiazole rings is 1. The molecule has 0 aliphatic carbocycles. The van der Waals surface area contributed by atoms with E-state index in [1.807, 2.05) is 11.8 Å². The fourth-order valence-corrected chi connectivity index (χ4v) is 3.00. The van der Waals surface area contributed by atoms with Crippen LogP contribution in [0.1, 0.15) is 28.0 Å². The Bertz CT molecular complexity index is 404. The third kappa shape index (κ3) is 2.66. The zero-order valence-corrected chi connectivity index (χ0v) is 11.2. The highest BCUT2D eigenvalue weighted by atomic mass is 32.1. The van der Waals surface area contributed by atoms with Crippen LogP contribution in [0.3, 0.4) is 0 Å². The lowest BCUT2D eigenvalue weighted by Crippen LogP contribution is -2.45. The molecule has 1 aliphatic heterocycles. The van der Waals surface area contributed by atoms with E-state index in [4.69, 9.17) is 5.73 Å². The standard InChI is InChI=1S/C12H19N3OS/c1-8-3-4-15(7-10(8)5-13)12(16)11-6-14-9(2)17-11/h6,8,10H,3-5,7,13H2,1-2H3. The molecule has 1 aliphatic rings. The summed E-state index contributed by atoms with van der Waals surface area (Å²) in [7, 11) is 0. The maximum absolute atomic E-state index is 12.2. The first-order valence-corrected chi connectivity index (χ1v) is 6.85. The molecule has 0 bridgehead atoms. The highest BCUT2D eigenvalue weighted by Gasteiger charge is 2.29. The quantitative estimate of drug-likeness (QED) is 0.869. The smallest absolute Gasteiger partial charge is 0.265 e. The summed E-state index contributed by atoms with van der Waals surface area (Å²) in [5.41, 5.74) is 5.75. The van der Waals surface area contributed by atoms with Crippen LogP contribution in [0.5, 0.6) is 0 Å². The van der Waals surface area contributed by atoms with Crippen LogP contribution < -0.4 is 5.73 Å². The largest absolute Gasteiger partial charge is 0.338 e. The van der Waals surface area contributed by atoms with E-state index >= 15 is 0 Å². The molecule has 2 rings (SSSR count). The normalized spacial score (nSPS) is 25.0. The SMILES string of the molecule is Cc1ncc(C(=O)N2CCC(C)C(CN)C2)s1. The van der Waals surface area contributed by atoms with Crippen LogP contribution >= 0.6 is 11.3 Å². The van der Waals surface area contributed by atoms with Crippen molar-refractivity contribution in [3.63, 3.8) is 0 Å². The number of amides is 1. The second-order valence-electron chi connectivity index (χ2n) is 4.76. The van der Waals surface area contributed by atoms with E-state index in [0.717, 1.165) is 29.4 Å². The molecule has 2 atom stereocenters. The number of nitrogens with zero attached hydrogens (tertiary/aromatic N) is 2. The van der Waals surface area contributed by atoms with Crippen LogP contribution in [-0.4, -0.2) is 35.4 Å². The van der Waals surface area contributed by atoms with E-state index in [0.29, 0.717) is 18.4 Å². The topological polar surface area (TPSA) is 59.2 Å². The van der Waals surface area contributed by atoms with Gasteiger partial charge in [0.15, 0.2) is 0 Å². The fourth-order valence-electron chi connectivity index (χ4n) is 2.26. The van der Waals surface area contributed by atoms with Gasteiger partial charge in [0.05, 0.1) is 11.2 Å². The third-order valence-electron chi connectivity index (χ3n) is 3.54. The summed E-state index contributed by atoms with van der Waals surface area (Å²) in [5.74, 6) is 1.16. The Hall–Kier alpha value is -0.940. The maximum atomic E-state index is 12.2. The van der Waals surface area contributed by atoms with Crippen molar-refractivity contribution in [3.05, 3.63) is 16.1 Å². The molecule has 1 amide bonds. The molecular formula is C12H19N3OS. The Morgan fingerprint density at radius 2 is 2.47 bits per heavy atom. The summed E-state index contributed by atoms with van der Waals surface area (Å²) < 4.78 is 0. The third-order valence-corrected chi connectivity index (χ3v) is 4.44. The number of rotatable bonds is 2. The molecule has 0 spiro atoms. The molecule has 1 aromatic heterocycles. The Morgan fingerprint density at radius 3 is 3.06 bits per heavy atom. The van der Waals surface area contributed by atoms with Crippen molar-refractivity contribution < 1.29 is 4.79 Å². The number of carbonyl (C=O) groups excluding carboxylic acids is 1. The van der Waals surface area contributed by atoms with Crippen LogP contribution in [0.4, 0.5) is 0 Å². The summed E-state index contributed by atoms with van der Waals surface area (Å²) >= 11 is 1.47. The van der Waals surface area contributed by atoms with Crippen molar-refractivity contribution in [3.8, 4) is 0 Å². The predicted molar refractivity (Wildman–Crippen MR) is 69.1 cm³/mol. The van der Waals surface area contributed by atoms with Gasteiger partial charge in [0.1, 0.15) is 4.88 Å². The molecule has 2 N–H and O–H groups in total. The molecule has 0 aromatic carbocycles. The van der Waals surface area contributed by atoms with E-state index < -0.39 is 0 Å². The van der Waals surface area contributed by atoms with Crippen molar-refractivity contribution in [1.82, 2.24) is 9.88 Å². The van der Waals surface area contributed by atoms with Crippen molar-refractivity contribution in [2.45, 2.75) is 20.3 Å². The molecular weight excluding hydrogens is 234 g/mol. The van der Waals surface area contributed by atoms with Crippen molar-refractivity contribution in [1.29, 1.82) is 0 Å². The molecule has 4 nitrogen and oxygen atoms in total. The molecule has 1 aromatic rings. The highest BCUT2D eigenvalue weighted by Crippen LogP contribution is 2.24. The summed E-state index contributed by atoms with van der Waals surface area (Å²) in [6.45, 7) is 6.42. The van der Waals surface area contributed by atoms with Crippen molar-refractivity contribution in [2.75, 3.05) is 19.6 Å². The lowest BCUT2D eigenvalue weighted by Gasteiger charge is -2.36. The Morgan fingerprint density at radius 1 is 1.71 bits per heavy atom.